The molecule has 1 aromatic carbocycles. The van der Waals surface area contributed by atoms with Crippen molar-refractivity contribution in [1.29, 1.82) is 0 Å². The highest BCUT2D eigenvalue weighted by atomic mass is 32.1. The van der Waals surface area contributed by atoms with Crippen molar-refractivity contribution in [3.63, 3.8) is 0 Å². The molecule has 0 radical (unpaired) electrons. The zero-order valence-corrected chi connectivity index (χ0v) is 16.8. The molecule has 0 bridgehead atoms. The SMILES string of the molecule is C[C@@](O)(C#Cc1cccc(-c2nc(C(F)(F)F)c3ccnc(N)c3n2)c1)c1nccs1. The average Bonchev–Trinajstić information content (AvgIpc) is 3.28. The highest BCUT2D eigenvalue weighted by molar-refractivity contribution is 7.09. The van der Waals surface area contributed by atoms with Crippen molar-refractivity contribution in [2.45, 2.75) is 18.7 Å². The maximum absolute atomic E-state index is 13.6. The summed E-state index contributed by atoms with van der Waals surface area (Å²) in [6, 6.07) is 7.57. The number of aliphatic hydroxyl groups is 1. The fourth-order valence-corrected chi connectivity index (χ4v) is 3.52. The molecule has 0 spiro atoms. The van der Waals surface area contributed by atoms with Crippen molar-refractivity contribution >= 4 is 28.1 Å². The number of fused-ring (bicyclic) bond motifs is 1. The van der Waals surface area contributed by atoms with Gasteiger partial charge in [0.25, 0.3) is 0 Å². The van der Waals surface area contributed by atoms with Gasteiger partial charge in [-0.3, -0.25) is 0 Å². The Morgan fingerprint density at radius 2 is 1.90 bits per heavy atom. The number of benzene rings is 1. The van der Waals surface area contributed by atoms with Crippen molar-refractivity contribution < 1.29 is 18.3 Å². The van der Waals surface area contributed by atoms with E-state index in [-0.39, 0.29) is 22.5 Å². The molecule has 0 aliphatic carbocycles. The largest absolute Gasteiger partial charge is 0.434 e. The third kappa shape index (κ3) is 4.19. The number of aromatic nitrogens is 4. The van der Waals surface area contributed by atoms with Gasteiger partial charge in [-0.15, -0.1) is 11.3 Å². The number of nitrogens with two attached hydrogens (primary N) is 1. The van der Waals surface area contributed by atoms with Gasteiger partial charge in [-0.2, -0.15) is 13.2 Å². The zero-order chi connectivity index (χ0) is 22.2. The Kier molecular flexibility index (Phi) is 5.08. The molecule has 4 rings (SSSR count). The van der Waals surface area contributed by atoms with E-state index in [2.05, 4.69) is 31.8 Å². The van der Waals surface area contributed by atoms with E-state index in [4.69, 9.17) is 5.73 Å². The van der Waals surface area contributed by atoms with Crippen LogP contribution in [-0.2, 0) is 11.8 Å². The van der Waals surface area contributed by atoms with E-state index in [1.807, 2.05) is 0 Å². The van der Waals surface area contributed by atoms with Gasteiger partial charge in [-0.1, -0.05) is 24.0 Å². The van der Waals surface area contributed by atoms with Gasteiger partial charge >= 0.3 is 6.18 Å². The van der Waals surface area contributed by atoms with Gasteiger partial charge in [0.15, 0.2) is 17.1 Å². The van der Waals surface area contributed by atoms with Crippen LogP contribution in [0.2, 0.25) is 0 Å². The Labute approximate surface area is 178 Å². The summed E-state index contributed by atoms with van der Waals surface area (Å²) < 4.78 is 40.8. The maximum atomic E-state index is 13.6. The molecule has 6 nitrogen and oxygen atoms in total. The van der Waals surface area contributed by atoms with Crippen LogP contribution < -0.4 is 5.73 Å². The summed E-state index contributed by atoms with van der Waals surface area (Å²) in [6.45, 7) is 1.51. The average molecular weight is 441 g/mol. The van der Waals surface area contributed by atoms with Gasteiger partial charge in [-0.05, 0) is 25.1 Å². The van der Waals surface area contributed by atoms with Crippen molar-refractivity contribution in [1.82, 2.24) is 19.9 Å². The van der Waals surface area contributed by atoms with Crippen LogP contribution in [0.3, 0.4) is 0 Å². The Balaban J connectivity index is 1.80. The lowest BCUT2D eigenvalue weighted by Crippen LogP contribution is -2.17. The van der Waals surface area contributed by atoms with E-state index in [9.17, 15) is 18.3 Å². The van der Waals surface area contributed by atoms with Crippen molar-refractivity contribution in [3.05, 3.63) is 64.4 Å². The van der Waals surface area contributed by atoms with Crippen LogP contribution in [-0.4, -0.2) is 25.0 Å². The van der Waals surface area contributed by atoms with Crippen LogP contribution in [0.1, 0.15) is 23.2 Å². The molecule has 0 unspecified atom stereocenters. The monoisotopic (exact) mass is 441 g/mol. The molecule has 0 saturated carbocycles. The molecule has 3 N–H and O–H groups in total. The van der Waals surface area contributed by atoms with Gasteiger partial charge in [-0.25, -0.2) is 19.9 Å². The summed E-state index contributed by atoms with van der Waals surface area (Å²) in [5.74, 6) is 5.28. The lowest BCUT2D eigenvalue weighted by Gasteiger charge is -2.13. The molecule has 0 aliphatic heterocycles. The molecule has 3 aromatic heterocycles. The fraction of sp³-hybridized carbons (Fsp3) is 0.143. The number of nitrogen functional groups attached to an aromatic ring is 1. The second-order valence-corrected chi connectivity index (χ2v) is 7.62. The van der Waals surface area contributed by atoms with Gasteiger partial charge in [0.2, 0.25) is 0 Å². The standard InChI is InChI=1S/C21H14F3N5OS/c1-20(30,19-27-9-10-31-19)7-5-12-3-2-4-13(11-12)18-28-15-14(6-8-26-17(15)25)16(29-18)21(22,23)24/h2-4,6,8-11,30H,1H3,(H2,25,26)/t20-/m1/s1. The van der Waals surface area contributed by atoms with Crippen molar-refractivity contribution in [3.8, 4) is 23.2 Å². The molecule has 1 atom stereocenters. The number of thiazole rings is 1. The lowest BCUT2D eigenvalue weighted by molar-refractivity contribution is -0.139. The second-order valence-electron chi connectivity index (χ2n) is 6.73. The highest BCUT2D eigenvalue weighted by Crippen LogP contribution is 2.35. The van der Waals surface area contributed by atoms with Crippen LogP contribution in [0.25, 0.3) is 22.3 Å². The van der Waals surface area contributed by atoms with Gasteiger partial charge in [0.05, 0.1) is 0 Å². The Morgan fingerprint density at radius 3 is 2.61 bits per heavy atom. The summed E-state index contributed by atoms with van der Waals surface area (Å²) in [5, 5.41) is 12.4. The van der Waals surface area contributed by atoms with Crippen molar-refractivity contribution in [2.75, 3.05) is 5.73 Å². The quantitative estimate of drug-likeness (QED) is 0.456. The molecule has 0 amide bonds. The molecule has 0 fully saturated rings. The van der Waals surface area contributed by atoms with E-state index in [1.165, 1.54) is 30.5 Å². The maximum Gasteiger partial charge on any atom is 0.434 e. The smallest absolute Gasteiger partial charge is 0.382 e. The van der Waals surface area contributed by atoms with Gasteiger partial charge in [0.1, 0.15) is 16.3 Å². The molecule has 0 saturated heterocycles. The Hall–Kier alpha value is -3.55. The highest BCUT2D eigenvalue weighted by Gasteiger charge is 2.36. The summed E-state index contributed by atoms with van der Waals surface area (Å²) in [7, 11) is 0. The number of alkyl halides is 3. The Morgan fingerprint density at radius 1 is 1.10 bits per heavy atom. The van der Waals surface area contributed by atoms with Crippen LogP contribution in [0.4, 0.5) is 19.0 Å². The summed E-state index contributed by atoms with van der Waals surface area (Å²) >= 11 is 1.26. The normalized spacial score (nSPS) is 13.5. The van der Waals surface area contributed by atoms with Crippen molar-refractivity contribution in [2.24, 2.45) is 0 Å². The van der Waals surface area contributed by atoms with Crippen LogP contribution in [0.15, 0.2) is 48.1 Å². The lowest BCUT2D eigenvalue weighted by atomic mass is 10.1. The third-order valence-electron chi connectivity index (χ3n) is 4.33. The number of pyridine rings is 1. The summed E-state index contributed by atoms with van der Waals surface area (Å²) in [4.78, 5) is 15.8. The first-order chi connectivity index (χ1) is 14.6. The molecule has 156 valence electrons. The zero-order valence-electron chi connectivity index (χ0n) is 16.0. The molecule has 0 aliphatic rings. The molecular formula is C21H14F3N5OS. The predicted molar refractivity (Wildman–Crippen MR) is 111 cm³/mol. The number of halogens is 3. The summed E-state index contributed by atoms with van der Waals surface area (Å²) in [6.07, 6.45) is -1.96. The van der Waals surface area contributed by atoms with Crippen LogP contribution in [0, 0.1) is 11.8 Å². The number of hydrogen-bond donors (Lipinski definition) is 2. The van der Waals surface area contributed by atoms with Crippen LogP contribution in [0.5, 0.6) is 0 Å². The number of rotatable bonds is 2. The topological polar surface area (TPSA) is 97.8 Å². The van der Waals surface area contributed by atoms with Gasteiger partial charge in [0, 0.05) is 34.3 Å². The predicted octanol–water partition coefficient (Wildman–Crippen LogP) is 4.01. The van der Waals surface area contributed by atoms with Gasteiger partial charge < -0.3 is 10.8 Å². The van der Waals surface area contributed by atoms with E-state index < -0.39 is 17.5 Å². The number of hydrogen-bond acceptors (Lipinski definition) is 7. The first-order valence-electron chi connectivity index (χ1n) is 8.90. The minimum absolute atomic E-state index is 0.0805. The van der Waals surface area contributed by atoms with E-state index >= 15 is 0 Å². The molecular weight excluding hydrogens is 427 g/mol. The minimum atomic E-state index is -4.70. The minimum Gasteiger partial charge on any atom is -0.382 e. The molecule has 31 heavy (non-hydrogen) atoms. The number of nitrogens with zero attached hydrogens (tertiary/aromatic N) is 4. The van der Waals surface area contributed by atoms with Crippen LogP contribution >= 0.6 is 11.3 Å². The fourth-order valence-electron chi connectivity index (χ4n) is 2.87. The van der Waals surface area contributed by atoms with E-state index in [0.29, 0.717) is 16.1 Å². The summed E-state index contributed by atoms with van der Waals surface area (Å²) in [5.41, 5.74) is 3.90. The molecule has 4 aromatic rings. The Bertz CT molecular complexity index is 1320. The number of anilines is 1. The first-order valence-corrected chi connectivity index (χ1v) is 9.78. The van der Waals surface area contributed by atoms with E-state index in [1.54, 1.807) is 35.8 Å². The first kappa shape index (κ1) is 20.7. The molecule has 10 heteroatoms. The van der Waals surface area contributed by atoms with E-state index in [0.717, 1.165) is 0 Å². The molecule has 3 heterocycles. The third-order valence-corrected chi connectivity index (χ3v) is 5.32. The second kappa shape index (κ2) is 7.61.